The molecule has 142 valence electrons. The molecule has 7 heteroatoms. The van der Waals surface area contributed by atoms with Crippen LogP contribution in [0.15, 0.2) is 18.2 Å². The Balaban J connectivity index is 1.79. The molecular formula is C19H28BFN2O3. The van der Waals surface area contributed by atoms with Crippen molar-refractivity contribution >= 4 is 18.5 Å². The van der Waals surface area contributed by atoms with Gasteiger partial charge in [0.1, 0.15) is 5.82 Å². The molecule has 0 atom stereocenters. The Morgan fingerprint density at radius 1 is 1.08 bits per heavy atom. The van der Waals surface area contributed by atoms with Crippen molar-refractivity contribution in [2.45, 2.75) is 45.8 Å². The fraction of sp³-hybridized carbons (Fsp3) is 0.632. The number of benzene rings is 1. The molecule has 1 aromatic rings. The molecule has 0 N–H and O–H groups in total. The van der Waals surface area contributed by atoms with Crippen LogP contribution in [0.25, 0.3) is 0 Å². The number of nitrogens with zero attached hydrogens (tertiary/aromatic N) is 2. The van der Waals surface area contributed by atoms with Crippen LogP contribution in [-0.4, -0.2) is 66.8 Å². The molecule has 0 saturated carbocycles. The van der Waals surface area contributed by atoms with Gasteiger partial charge in [0.2, 0.25) is 0 Å². The lowest BCUT2D eigenvalue weighted by atomic mass is 9.78. The number of carbonyl (C=O) groups is 1. The molecule has 5 nitrogen and oxygen atoms in total. The number of hydrogen-bond donors (Lipinski definition) is 0. The summed E-state index contributed by atoms with van der Waals surface area (Å²) in [6, 6.07) is 4.37. The SMILES string of the molecule is CCN1CCN(C(=O)c2cc(F)cc(B3OC(C)(C)C(C)(C)O3)c2)CC1. The molecule has 2 saturated heterocycles. The highest BCUT2D eigenvalue weighted by molar-refractivity contribution is 6.62. The molecule has 0 bridgehead atoms. The van der Waals surface area contributed by atoms with Crippen LogP contribution in [0, 0.1) is 5.82 Å². The monoisotopic (exact) mass is 362 g/mol. The predicted octanol–water partition coefficient (Wildman–Crippen LogP) is 1.90. The van der Waals surface area contributed by atoms with Gasteiger partial charge >= 0.3 is 7.12 Å². The van der Waals surface area contributed by atoms with Gasteiger partial charge in [0.05, 0.1) is 11.2 Å². The zero-order valence-electron chi connectivity index (χ0n) is 16.3. The highest BCUT2D eigenvalue weighted by Gasteiger charge is 2.51. The molecule has 26 heavy (non-hydrogen) atoms. The average Bonchev–Trinajstić information content (AvgIpc) is 2.81. The Morgan fingerprint density at radius 2 is 1.65 bits per heavy atom. The first-order valence-electron chi connectivity index (χ1n) is 9.31. The molecular weight excluding hydrogens is 334 g/mol. The van der Waals surface area contributed by atoms with Gasteiger partial charge in [0, 0.05) is 31.7 Å². The summed E-state index contributed by atoms with van der Waals surface area (Å²) in [6.07, 6.45) is 0. The summed E-state index contributed by atoms with van der Waals surface area (Å²) in [5, 5.41) is 0. The minimum Gasteiger partial charge on any atom is -0.399 e. The Bertz CT molecular complexity index is 671. The molecule has 0 spiro atoms. The van der Waals surface area contributed by atoms with Gasteiger partial charge in [-0.2, -0.15) is 0 Å². The van der Waals surface area contributed by atoms with Crippen LogP contribution >= 0.6 is 0 Å². The van der Waals surface area contributed by atoms with E-state index in [2.05, 4.69) is 11.8 Å². The van der Waals surface area contributed by atoms with Crippen LogP contribution in [0.4, 0.5) is 4.39 Å². The molecule has 2 fully saturated rings. The van der Waals surface area contributed by atoms with Gasteiger partial charge in [-0.05, 0) is 57.9 Å². The zero-order chi connectivity index (χ0) is 19.1. The quantitative estimate of drug-likeness (QED) is 0.771. The van der Waals surface area contributed by atoms with Crippen molar-refractivity contribution in [3.63, 3.8) is 0 Å². The maximum atomic E-state index is 14.2. The van der Waals surface area contributed by atoms with Crippen LogP contribution in [0.1, 0.15) is 45.0 Å². The molecule has 0 unspecified atom stereocenters. The lowest BCUT2D eigenvalue weighted by Gasteiger charge is -2.34. The highest BCUT2D eigenvalue weighted by Crippen LogP contribution is 2.36. The lowest BCUT2D eigenvalue weighted by Crippen LogP contribution is -2.48. The van der Waals surface area contributed by atoms with Gasteiger partial charge in [0.15, 0.2) is 0 Å². The number of amides is 1. The Morgan fingerprint density at radius 3 is 2.19 bits per heavy atom. The molecule has 1 amide bonds. The van der Waals surface area contributed by atoms with E-state index in [0.29, 0.717) is 24.1 Å². The van der Waals surface area contributed by atoms with Crippen molar-refractivity contribution < 1.29 is 18.5 Å². The van der Waals surface area contributed by atoms with Crippen molar-refractivity contribution in [3.05, 3.63) is 29.6 Å². The maximum absolute atomic E-state index is 14.2. The van der Waals surface area contributed by atoms with Gasteiger partial charge in [-0.15, -0.1) is 0 Å². The smallest absolute Gasteiger partial charge is 0.399 e. The third-order valence-electron chi connectivity index (χ3n) is 5.80. The fourth-order valence-electron chi connectivity index (χ4n) is 3.30. The van der Waals surface area contributed by atoms with E-state index >= 15 is 0 Å². The summed E-state index contributed by atoms with van der Waals surface area (Å²) in [5.41, 5.74) is -0.131. The standard InChI is InChI=1S/C19H28BFN2O3/c1-6-22-7-9-23(10-8-22)17(24)14-11-15(13-16(21)12-14)20-25-18(2,3)19(4,5)26-20/h11-13H,6-10H2,1-5H3. The molecule has 3 rings (SSSR count). The Kier molecular flexibility index (Phi) is 5.16. The van der Waals surface area contributed by atoms with Gasteiger partial charge in [-0.25, -0.2) is 4.39 Å². The van der Waals surface area contributed by atoms with Crippen molar-refractivity contribution in [1.29, 1.82) is 0 Å². The third kappa shape index (κ3) is 3.66. The maximum Gasteiger partial charge on any atom is 0.494 e. The minimum absolute atomic E-state index is 0.141. The van der Waals surface area contributed by atoms with Crippen LogP contribution in [-0.2, 0) is 9.31 Å². The van der Waals surface area contributed by atoms with Gasteiger partial charge in [-0.1, -0.05) is 6.92 Å². The third-order valence-corrected chi connectivity index (χ3v) is 5.80. The van der Waals surface area contributed by atoms with Gasteiger partial charge < -0.3 is 19.1 Å². The van der Waals surface area contributed by atoms with Crippen molar-refractivity contribution in [2.75, 3.05) is 32.7 Å². The van der Waals surface area contributed by atoms with Crippen molar-refractivity contribution in [1.82, 2.24) is 9.80 Å². The largest absolute Gasteiger partial charge is 0.494 e. The Labute approximate surface area is 155 Å². The van der Waals surface area contributed by atoms with E-state index in [0.717, 1.165) is 19.6 Å². The average molecular weight is 362 g/mol. The van der Waals surface area contributed by atoms with E-state index in [4.69, 9.17) is 9.31 Å². The number of halogens is 1. The number of piperazine rings is 1. The molecule has 0 aliphatic carbocycles. The summed E-state index contributed by atoms with van der Waals surface area (Å²) in [6.45, 7) is 13.9. The van der Waals surface area contributed by atoms with Crippen LogP contribution < -0.4 is 5.46 Å². The fourth-order valence-corrected chi connectivity index (χ4v) is 3.30. The second-order valence-corrected chi connectivity index (χ2v) is 8.09. The normalized spacial score (nSPS) is 22.7. The van der Waals surface area contributed by atoms with Crippen molar-refractivity contribution in [3.8, 4) is 0 Å². The second-order valence-electron chi connectivity index (χ2n) is 8.09. The predicted molar refractivity (Wildman–Crippen MR) is 100 cm³/mol. The summed E-state index contributed by atoms with van der Waals surface area (Å²) >= 11 is 0. The molecule has 2 aliphatic heterocycles. The lowest BCUT2D eigenvalue weighted by molar-refractivity contribution is 0.00578. The summed E-state index contributed by atoms with van der Waals surface area (Å²) in [4.78, 5) is 16.9. The summed E-state index contributed by atoms with van der Waals surface area (Å²) < 4.78 is 26.2. The second kappa shape index (κ2) is 6.95. The first kappa shape index (κ1) is 19.3. The van der Waals surface area contributed by atoms with E-state index in [1.807, 2.05) is 27.7 Å². The van der Waals surface area contributed by atoms with E-state index in [-0.39, 0.29) is 5.91 Å². The molecule has 2 heterocycles. The minimum atomic E-state index is -0.681. The number of hydrogen-bond acceptors (Lipinski definition) is 4. The number of carbonyl (C=O) groups excluding carboxylic acids is 1. The van der Waals surface area contributed by atoms with Crippen LogP contribution in [0.2, 0.25) is 0 Å². The van der Waals surface area contributed by atoms with Crippen LogP contribution in [0.5, 0.6) is 0 Å². The molecule has 0 aromatic heterocycles. The van der Waals surface area contributed by atoms with E-state index in [1.54, 1.807) is 11.0 Å². The van der Waals surface area contributed by atoms with Crippen LogP contribution in [0.3, 0.4) is 0 Å². The topological polar surface area (TPSA) is 42.0 Å². The highest BCUT2D eigenvalue weighted by atomic mass is 19.1. The zero-order valence-corrected chi connectivity index (χ0v) is 16.3. The first-order chi connectivity index (χ1) is 12.1. The van der Waals surface area contributed by atoms with Gasteiger partial charge in [-0.3, -0.25) is 4.79 Å². The summed E-state index contributed by atoms with van der Waals surface area (Å²) in [5.74, 6) is -0.592. The van der Waals surface area contributed by atoms with Gasteiger partial charge in [0.25, 0.3) is 5.91 Å². The number of likely N-dealkylation sites (N-methyl/N-ethyl adjacent to an activating group) is 1. The van der Waals surface area contributed by atoms with E-state index in [9.17, 15) is 9.18 Å². The Hall–Kier alpha value is -1.44. The summed E-state index contributed by atoms with van der Waals surface area (Å²) in [7, 11) is -0.681. The molecule has 1 aromatic carbocycles. The number of rotatable bonds is 3. The van der Waals surface area contributed by atoms with Crippen molar-refractivity contribution in [2.24, 2.45) is 0 Å². The van der Waals surface area contributed by atoms with E-state index < -0.39 is 24.1 Å². The first-order valence-corrected chi connectivity index (χ1v) is 9.31. The van der Waals surface area contributed by atoms with E-state index in [1.165, 1.54) is 12.1 Å². The molecule has 0 radical (unpaired) electrons. The molecule has 2 aliphatic rings.